The summed E-state index contributed by atoms with van der Waals surface area (Å²) in [6.07, 6.45) is 2.86. The SMILES string of the molecule is CCOC(=O)Nc1cnn(CC(=O)Nc2ccc3c(c2)CCCN3C)n1. The first kappa shape index (κ1) is 17.7. The van der Waals surface area contributed by atoms with Crippen molar-refractivity contribution in [2.45, 2.75) is 26.3 Å². The Balaban J connectivity index is 1.58. The number of aromatic nitrogens is 3. The molecule has 138 valence electrons. The minimum atomic E-state index is -0.608. The maximum Gasteiger partial charge on any atom is 0.412 e. The number of rotatable bonds is 5. The zero-order chi connectivity index (χ0) is 18.5. The Kier molecular flexibility index (Phi) is 5.35. The number of ether oxygens (including phenoxy) is 1. The number of carbonyl (C=O) groups is 2. The first-order valence-corrected chi connectivity index (χ1v) is 8.53. The molecule has 0 fully saturated rings. The van der Waals surface area contributed by atoms with Gasteiger partial charge in [0.2, 0.25) is 5.91 Å². The van der Waals surface area contributed by atoms with E-state index in [0.717, 1.165) is 25.1 Å². The summed E-state index contributed by atoms with van der Waals surface area (Å²) in [5.41, 5.74) is 3.19. The molecule has 2 amide bonds. The van der Waals surface area contributed by atoms with E-state index in [1.54, 1.807) is 6.92 Å². The Hall–Kier alpha value is -3.10. The molecular formula is C17H22N6O3. The van der Waals surface area contributed by atoms with E-state index in [1.165, 1.54) is 22.2 Å². The molecule has 0 radical (unpaired) electrons. The Bertz CT molecular complexity index is 804. The van der Waals surface area contributed by atoms with Crippen LogP contribution < -0.4 is 15.5 Å². The van der Waals surface area contributed by atoms with E-state index in [4.69, 9.17) is 4.74 Å². The van der Waals surface area contributed by atoms with Gasteiger partial charge in [-0.1, -0.05) is 0 Å². The topological polar surface area (TPSA) is 101 Å². The standard InChI is InChI=1S/C17H22N6O3/c1-3-26-17(25)20-15-10-18-23(21-15)11-16(24)19-13-6-7-14-12(9-13)5-4-8-22(14)2/h6-7,9-10H,3-5,8,11H2,1-2H3,(H,19,24)(H,20,21,25). The summed E-state index contributed by atoms with van der Waals surface area (Å²) >= 11 is 0. The lowest BCUT2D eigenvalue weighted by Crippen LogP contribution is -2.25. The highest BCUT2D eigenvalue weighted by Gasteiger charge is 2.15. The number of nitrogens with one attached hydrogen (secondary N) is 2. The van der Waals surface area contributed by atoms with Gasteiger partial charge in [-0.15, -0.1) is 5.10 Å². The molecule has 26 heavy (non-hydrogen) atoms. The van der Waals surface area contributed by atoms with Gasteiger partial charge in [-0.2, -0.15) is 9.90 Å². The third-order valence-electron chi connectivity index (χ3n) is 4.04. The van der Waals surface area contributed by atoms with Crippen LogP contribution in [0.25, 0.3) is 0 Å². The van der Waals surface area contributed by atoms with Crippen molar-refractivity contribution in [2.75, 3.05) is 35.7 Å². The first-order valence-electron chi connectivity index (χ1n) is 8.53. The van der Waals surface area contributed by atoms with Gasteiger partial charge in [0.1, 0.15) is 6.54 Å². The number of hydrogen-bond donors (Lipinski definition) is 2. The van der Waals surface area contributed by atoms with Crippen molar-refractivity contribution >= 4 is 29.2 Å². The molecule has 9 heteroatoms. The van der Waals surface area contributed by atoms with Crippen molar-refractivity contribution < 1.29 is 14.3 Å². The highest BCUT2D eigenvalue weighted by molar-refractivity contribution is 5.91. The Morgan fingerprint density at radius 1 is 1.31 bits per heavy atom. The number of aryl methyl sites for hydroxylation is 1. The fourth-order valence-electron chi connectivity index (χ4n) is 2.89. The van der Waals surface area contributed by atoms with Gasteiger partial charge in [0.25, 0.3) is 0 Å². The van der Waals surface area contributed by atoms with E-state index < -0.39 is 6.09 Å². The molecule has 0 aliphatic carbocycles. The zero-order valence-electron chi connectivity index (χ0n) is 14.9. The lowest BCUT2D eigenvalue weighted by atomic mass is 10.0. The van der Waals surface area contributed by atoms with Gasteiger partial charge in [-0.25, -0.2) is 4.79 Å². The van der Waals surface area contributed by atoms with Crippen molar-refractivity contribution in [2.24, 2.45) is 0 Å². The molecular weight excluding hydrogens is 336 g/mol. The smallest absolute Gasteiger partial charge is 0.412 e. The Morgan fingerprint density at radius 3 is 2.96 bits per heavy atom. The molecule has 2 N–H and O–H groups in total. The number of hydrogen-bond acceptors (Lipinski definition) is 6. The van der Waals surface area contributed by atoms with E-state index in [2.05, 4.69) is 32.8 Å². The average Bonchev–Trinajstić information content (AvgIpc) is 3.01. The van der Waals surface area contributed by atoms with Crippen molar-refractivity contribution in [3.8, 4) is 0 Å². The van der Waals surface area contributed by atoms with E-state index in [9.17, 15) is 9.59 Å². The number of amides is 2. The number of anilines is 3. The summed E-state index contributed by atoms with van der Waals surface area (Å²) in [4.78, 5) is 27.0. The Labute approximate surface area is 151 Å². The lowest BCUT2D eigenvalue weighted by Gasteiger charge is -2.27. The van der Waals surface area contributed by atoms with Crippen molar-refractivity contribution in [1.29, 1.82) is 0 Å². The van der Waals surface area contributed by atoms with Crippen LogP contribution in [-0.2, 0) is 22.5 Å². The van der Waals surface area contributed by atoms with Gasteiger partial charge in [-0.3, -0.25) is 10.1 Å². The number of benzene rings is 1. The van der Waals surface area contributed by atoms with Crippen LogP contribution in [0.3, 0.4) is 0 Å². The van der Waals surface area contributed by atoms with Gasteiger partial charge in [0, 0.05) is 25.0 Å². The summed E-state index contributed by atoms with van der Waals surface area (Å²) in [5.74, 6) is -0.0135. The fraction of sp³-hybridized carbons (Fsp3) is 0.412. The van der Waals surface area contributed by atoms with Crippen LogP contribution in [0.5, 0.6) is 0 Å². The van der Waals surface area contributed by atoms with Crippen LogP contribution in [0.4, 0.5) is 22.0 Å². The van der Waals surface area contributed by atoms with Gasteiger partial charge < -0.3 is 15.0 Å². The maximum absolute atomic E-state index is 12.2. The molecule has 1 aromatic carbocycles. The Morgan fingerprint density at radius 2 is 2.15 bits per heavy atom. The maximum atomic E-state index is 12.2. The van der Waals surface area contributed by atoms with Crippen LogP contribution >= 0.6 is 0 Å². The third-order valence-corrected chi connectivity index (χ3v) is 4.04. The van der Waals surface area contributed by atoms with Crippen molar-refractivity contribution in [3.05, 3.63) is 30.0 Å². The van der Waals surface area contributed by atoms with Crippen molar-refractivity contribution in [3.63, 3.8) is 0 Å². The van der Waals surface area contributed by atoms with Crippen LogP contribution in [-0.4, -0.2) is 47.2 Å². The molecule has 0 bridgehead atoms. The molecule has 0 unspecified atom stereocenters. The number of fused-ring (bicyclic) bond motifs is 1. The third kappa shape index (κ3) is 4.29. The molecule has 1 aromatic heterocycles. The summed E-state index contributed by atoms with van der Waals surface area (Å²) < 4.78 is 4.76. The predicted molar refractivity (Wildman–Crippen MR) is 97.3 cm³/mol. The normalized spacial score (nSPS) is 13.1. The van der Waals surface area contributed by atoms with Crippen LogP contribution in [0, 0.1) is 0 Å². The summed E-state index contributed by atoms with van der Waals surface area (Å²) in [5, 5.41) is 13.3. The highest BCUT2D eigenvalue weighted by atomic mass is 16.5. The molecule has 9 nitrogen and oxygen atoms in total. The van der Waals surface area contributed by atoms with E-state index >= 15 is 0 Å². The summed E-state index contributed by atoms with van der Waals surface area (Å²) in [7, 11) is 2.07. The van der Waals surface area contributed by atoms with Gasteiger partial charge in [-0.05, 0) is 43.5 Å². The number of nitrogens with zero attached hydrogens (tertiary/aromatic N) is 4. The van der Waals surface area contributed by atoms with E-state index in [1.807, 2.05) is 18.2 Å². The van der Waals surface area contributed by atoms with E-state index in [0.29, 0.717) is 0 Å². The molecule has 1 aliphatic heterocycles. The molecule has 0 saturated carbocycles. The van der Waals surface area contributed by atoms with Crippen molar-refractivity contribution in [1.82, 2.24) is 15.0 Å². The summed E-state index contributed by atoms with van der Waals surface area (Å²) in [6, 6.07) is 5.92. The minimum Gasteiger partial charge on any atom is -0.450 e. The van der Waals surface area contributed by atoms with E-state index in [-0.39, 0.29) is 24.9 Å². The molecule has 3 rings (SSSR count). The molecule has 1 aliphatic rings. The average molecular weight is 358 g/mol. The van der Waals surface area contributed by atoms with Crippen LogP contribution in [0.15, 0.2) is 24.4 Å². The zero-order valence-corrected chi connectivity index (χ0v) is 14.9. The molecule has 0 spiro atoms. The first-order chi connectivity index (χ1) is 12.5. The second-order valence-corrected chi connectivity index (χ2v) is 6.02. The molecule has 2 heterocycles. The van der Waals surface area contributed by atoms with Gasteiger partial charge >= 0.3 is 6.09 Å². The summed E-state index contributed by atoms with van der Waals surface area (Å²) in [6.45, 7) is 2.96. The molecule has 2 aromatic rings. The van der Waals surface area contributed by atoms with Gasteiger partial charge in [0.05, 0.1) is 12.8 Å². The largest absolute Gasteiger partial charge is 0.450 e. The quantitative estimate of drug-likeness (QED) is 0.846. The predicted octanol–water partition coefficient (Wildman–Crippen LogP) is 1.87. The van der Waals surface area contributed by atoms with Crippen LogP contribution in [0.2, 0.25) is 0 Å². The van der Waals surface area contributed by atoms with Crippen LogP contribution in [0.1, 0.15) is 18.9 Å². The molecule has 0 atom stereocenters. The monoisotopic (exact) mass is 358 g/mol. The minimum absolute atomic E-state index is 0.0541. The second-order valence-electron chi connectivity index (χ2n) is 6.02. The lowest BCUT2D eigenvalue weighted by molar-refractivity contribution is -0.117. The van der Waals surface area contributed by atoms with Gasteiger partial charge in [0.15, 0.2) is 5.82 Å². The second kappa shape index (κ2) is 7.85. The fourth-order valence-corrected chi connectivity index (χ4v) is 2.89. The highest BCUT2D eigenvalue weighted by Crippen LogP contribution is 2.28. The molecule has 0 saturated heterocycles. The number of carbonyl (C=O) groups excluding carboxylic acids is 2.